The van der Waals surface area contributed by atoms with Crippen LogP contribution in [0.1, 0.15) is 24.2 Å². The molecule has 2 rings (SSSR count). The molecule has 8 heteroatoms. The summed E-state index contributed by atoms with van der Waals surface area (Å²) in [7, 11) is 0. The summed E-state index contributed by atoms with van der Waals surface area (Å²) in [5, 5.41) is 9.10. The minimum Gasteiger partial charge on any atom is -0.332 e. The highest BCUT2D eigenvalue weighted by Gasteiger charge is 2.10. The highest BCUT2D eigenvalue weighted by Crippen LogP contribution is 2.19. The Hall–Kier alpha value is -2.15. The number of amides is 2. The van der Waals surface area contributed by atoms with Gasteiger partial charge in [-0.3, -0.25) is 14.9 Å². The van der Waals surface area contributed by atoms with Gasteiger partial charge >= 0.3 is 0 Å². The lowest BCUT2D eigenvalue weighted by atomic mass is 10.2. The molecule has 0 saturated carbocycles. The molecule has 0 unspecified atom stereocenters. The SMILES string of the molecule is CC(C)C(=O)Nc1ccc(NC(=S)NC(=O)c2cc(Cl)cc(Cl)c2)cc1. The summed E-state index contributed by atoms with van der Waals surface area (Å²) >= 11 is 16.9. The van der Waals surface area contributed by atoms with E-state index in [0.717, 1.165) is 0 Å². The summed E-state index contributed by atoms with van der Waals surface area (Å²) in [5.41, 5.74) is 1.65. The Morgan fingerprint density at radius 1 is 0.923 bits per heavy atom. The van der Waals surface area contributed by atoms with E-state index in [2.05, 4.69) is 16.0 Å². The van der Waals surface area contributed by atoms with Gasteiger partial charge in [0.15, 0.2) is 5.11 Å². The van der Waals surface area contributed by atoms with Gasteiger partial charge in [-0.1, -0.05) is 37.0 Å². The van der Waals surface area contributed by atoms with Crippen molar-refractivity contribution in [2.24, 2.45) is 5.92 Å². The van der Waals surface area contributed by atoms with Crippen LogP contribution in [0.5, 0.6) is 0 Å². The van der Waals surface area contributed by atoms with E-state index in [9.17, 15) is 9.59 Å². The average molecular weight is 410 g/mol. The first kappa shape index (κ1) is 20.2. The van der Waals surface area contributed by atoms with Gasteiger partial charge in [0.05, 0.1) is 0 Å². The number of halogens is 2. The smallest absolute Gasteiger partial charge is 0.257 e. The molecular weight excluding hydrogens is 393 g/mol. The van der Waals surface area contributed by atoms with Crippen molar-refractivity contribution >= 4 is 63.7 Å². The lowest BCUT2D eigenvalue weighted by molar-refractivity contribution is -0.118. The molecule has 2 aromatic carbocycles. The van der Waals surface area contributed by atoms with Crippen LogP contribution in [0.25, 0.3) is 0 Å². The molecule has 0 atom stereocenters. The first-order valence-corrected chi connectivity index (χ1v) is 8.90. The van der Waals surface area contributed by atoms with E-state index >= 15 is 0 Å². The van der Waals surface area contributed by atoms with Crippen LogP contribution >= 0.6 is 35.4 Å². The van der Waals surface area contributed by atoms with Crippen LogP contribution in [0.4, 0.5) is 11.4 Å². The highest BCUT2D eigenvalue weighted by molar-refractivity contribution is 7.80. The van der Waals surface area contributed by atoms with Crippen LogP contribution in [0, 0.1) is 5.92 Å². The zero-order valence-corrected chi connectivity index (χ0v) is 16.4. The molecule has 0 aliphatic carbocycles. The lowest BCUT2D eigenvalue weighted by Gasteiger charge is -2.11. The molecular formula is C18H17Cl2N3O2S. The molecule has 136 valence electrons. The van der Waals surface area contributed by atoms with Crippen molar-refractivity contribution < 1.29 is 9.59 Å². The lowest BCUT2D eigenvalue weighted by Crippen LogP contribution is -2.34. The second-order valence-corrected chi connectivity index (χ2v) is 7.07. The van der Waals surface area contributed by atoms with E-state index in [1.54, 1.807) is 24.3 Å². The molecule has 0 spiro atoms. The number of thiocarbonyl (C=S) groups is 1. The van der Waals surface area contributed by atoms with Gasteiger partial charge in [-0.05, 0) is 54.7 Å². The van der Waals surface area contributed by atoms with Gasteiger partial charge in [0.25, 0.3) is 5.91 Å². The Kier molecular flexibility index (Phi) is 6.97. The van der Waals surface area contributed by atoms with Crippen LogP contribution < -0.4 is 16.0 Å². The average Bonchev–Trinajstić information content (AvgIpc) is 2.55. The fourth-order valence-electron chi connectivity index (χ4n) is 1.95. The number of anilines is 2. The fraction of sp³-hybridized carbons (Fsp3) is 0.167. The van der Waals surface area contributed by atoms with E-state index in [1.807, 2.05) is 13.8 Å². The summed E-state index contributed by atoms with van der Waals surface area (Å²) < 4.78 is 0. The second kappa shape index (κ2) is 8.98. The van der Waals surface area contributed by atoms with E-state index < -0.39 is 5.91 Å². The molecule has 0 aromatic heterocycles. The summed E-state index contributed by atoms with van der Waals surface area (Å²) in [6, 6.07) is 11.5. The van der Waals surface area contributed by atoms with Crippen molar-refractivity contribution in [2.75, 3.05) is 10.6 Å². The molecule has 26 heavy (non-hydrogen) atoms. The van der Waals surface area contributed by atoms with Crippen LogP contribution in [0.3, 0.4) is 0 Å². The Labute approximate surface area is 167 Å². The predicted octanol–water partition coefficient (Wildman–Crippen LogP) is 4.71. The van der Waals surface area contributed by atoms with E-state index in [0.29, 0.717) is 27.0 Å². The standard InChI is InChI=1S/C18H17Cl2N3O2S/c1-10(2)16(24)21-14-3-5-15(6-4-14)22-18(26)23-17(25)11-7-12(19)9-13(20)8-11/h3-10H,1-2H3,(H,21,24)(H2,22,23,25,26). The third-order valence-electron chi connectivity index (χ3n) is 3.29. The van der Waals surface area contributed by atoms with E-state index in [4.69, 9.17) is 35.4 Å². The van der Waals surface area contributed by atoms with E-state index in [-0.39, 0.29) is 16.9 Å². The molecule has 5 nitrogen and oxygen atoms in total. The number of hydrogen-bond donors (Lipinski definition) is 3. The van der Waals surface area contributed by atoms with Crippen LogP contribution in [0.15, 0.2) is 42.5 Å². The van der Waals surface area contributed by atoms with Gasteiger partial charge < -0.3 is 10.6 Å². The molecule has 3 N–H and O–H groups in total. The largest absolute Gasteiger partial charge is 0.332 e. The van der Waals surface area contributed by atoms with Crippen molar-refractivity contribution in [3.8, 4) is 0 Å². The molecule has 0 saturated heterocycles. The Balaban J connectivity index is 1.95. The highest BCUT2D eigenvalue weighted by atomic mass is 35.5. The maximum Gasteiger partial charge on any atom is 0.257 e. The summed E-state index contributed by atoms with van der Waals surface area (Å²) in [6.45, 7) is 3.64. The summed E-state index contributed by atoms with van der Waals surface area (Å²) in [6.07, 6.45) is 0. The number of benzene rings is 2. The van der Waals surface area contributed by atoms with Gasteiger partial charge in [0, 0.05) is 32.9 Å². The van der Waals surface area contributed by atoms with Gasteiger partial charge in [-0.25, -0.2) is 0 Å². The number of nitrogens with one attached hydrogen (secondary N) is 3. The minimum atomic E-state index is -0.423. The number of rotatable bonds is 4. The topological polar surface area (TPSA) is 70.2 Å². The summed E-state index contributed by atoms with van der Waals surface area (Å²) in [4.78, 5) is 23.9. The predicted molar refractivity (Wildman–Crippen MR) is 110 cm³/mol. The van der Waals surface area contributed by atoms with Crippen LogP contribution in [-0.2, 0) is 4.79 Å². The molecule has 0 aliphatic rings. The molecule has 2 amide bonds. The van der Waals surface area contributed by atoms with Crippen molar-refractivity contribution in [2.45, 2.75) is 13.8 Å². The van der Waals surface area contributed by atoms with Gasteiger partial charge in [-0.2, -0.15) is 0 Å². The number of hydrogen-bond acceptors (Lipinski definition) is 3. The van der Waals surface area contributed by atoms with Crippen molar-refractivity contribution in [1.29, 1.82) is 0 Å². The second-order valence-electron chi connectivity index (χ2n) is 5.79. The molecule has 0 aliphatic heterocycles. The number of carbonyl (C=O) groups is 2. The Morgan fingerprint density at radius 3 is 1.92 bits per heavy atom. The molecule has 0 radical (unpaired) electrons. The first-order chi connectivity index (χ1) is 12.2. The van der Waals surface area contributed by atoms with Gasteiger partial charge in [-0.15, -0.1) is 0 Å². The van der Waals surface area contributed by atoms with Crippen molar-refractivity contribution in [3.63, 3.8) is 0 Å². The summed E-state index contributed by atoms with van der Waals surface area (Å²) in [5.74, 6) is -0.586. The third-order valence-corrected chi connectivity index (χ3v) is 3.93. The van der Waals surface area contributed by atoms with Crippen LogP contribution in [-0.4, -0.2) is 16.9 Å². The zero-order valence-electron chi connectivity index (χ0n) is 14.1. The quantitative estimate of drug-likeness (QED) is 0.639. The maximum atomic E-state index is 12.2. The normalized spacial score (nSPS) is 10.3. The molecule has 0 bridgehead atoms. The molecule has 2 aromatic rings. The fourth-order valence-corrected chi connectivity index (χ4v) is 2.68. The van der Waals surface area contributed by atoms with Gasteiger partial charge in [0.1, 0.15) is 0 Å². The monoisotopic (exact) mass is 409 g/mol. The van der Waals surface area contributed by atoms with Crippen LogP contribution in [0.2, 0.25) is 10.0 Å². The maximum absolute atomic E-state index is 12.2. The minimum absolute atomic E-state index is 0.0614. The number of carbonyl (C=O) groups excluding carboxylic acids is 2. The van der Waals surface area contributed by atoms with Gasteiger partial charge in [0.2, 0.25) is 5.91 Å². The van der Waals surface area contributed by atoms with E-state index in [1.165, 1.54) is 18.2 Å². The Bertz CT molecular complexity index is 819. The van der Waals surface area contributed by atoms with Crippen molar-refractivity contribution in [3.05, 3.63) is 58.1 Å². The Morgan fingerprint density at radius 2 is 1.42 bits per heavy atom. The zero-order chi connectivity index (χ0) is 19.3. The molecule has 0 heterocycles. The van der Waals surface area contributed by atoms with Crippen molar-refractivity contribution in [1.82, 2.24) is 5.32 Å². The third kappa shape index (κ3) is 5.98. The molecule has 0 fully saturated rings. The first-order valence-electron chi connectivity index (χ1n) is 7.74.